The van der Waals surface area contributed by atoms with Gasteiger partial charge in [-0.05, 0) is 29.8 Å². The molecule has 0 aliphatic heterocycles. The zero-order valence-electron chi connectivity index (χ0n) is 11.1. The van der Waals surface area contributed by atoms with Crippen LogP contribution in [0.4, 0.5) is 5.82 Å². The van der Waals surface area contributed by atoms with Gasteiger partial charge < -0.3 is 5.32 Å². The van der Waals surface area contributed by atoms with Crippen LogP contribution in [0.15, 0.2) is 24.7 Å². The summed E-state index contributed by atoms with van der Waals surface area (Å²) in [6, 6.07) is 3.63. The molecule has 2 N–H and O–H groups in total. The van der Waals surface area contributed by atoms with Crippen LogP contribution in [0.3, 0.4) is 0 Å². The van der Waals surface area contributed by atoms with Gasteiger partial charge in [-0.1, -0.05) is 0 Å². The van der Waals surface area contributed by atoms with Crippen LogP contribution in [0, 0.1) is 6.92 Å². The summed E-state index contributed by atoms with van der Waals surface area (Å²) in [7, 11) is 0. The number of tetrazole rings is 1. The number of hydrogen-bond donors (Lipinski definition) is 2. The van der Waals surface area contributed by atoms with Crippen LogP contribution < -0.4 is 5.32 Å². The number of H-pyrrole nitrogens is 1. The fraction of sp³-hybridized carbons (Fsp3) is 0.182. The molecule has 3 heterocycles. The van der Waals surface area contributed by atoms with Crippen molar-refractivity contribution < 1.29 is 4.79 Å². The third kappa shape index (κ3) is 3.05. The number of hydrogen-bond acceptors (Lipinski definition) is 7. The summed E-state index contributed by atoms with van der Waals surface area (Å²) in [6.07, 6.45) is 3.06. The summed E-state index contributed by atoms with van der Waals surface area (Å²) in [5, 5.41) is 20.0. The lowest BCUT2D eigenvalue weighted by Crippen LogP contribution is -2.19. The van der Waals surface area contributed by atoms with Gasteiger partial charge in [0.1, 0.15) is 18.7 Å². The Morgan fingerprint density at radius 3 is 3.05 bits per heavy atom. The number of carbonyl (C=O) groups excluding carboxylic acids is 1. The van der Waals surface area contributed by atoms with E-state index in [-0.39, 0.29) is 18.3 Å². The molecule has 0 unspecified atom stereocenters. The second kappa shape index (κ2) is 5.45. The average Bonchev–Trinajstić information content (AvgIpc) is 3.08. The summed E-state index contributed by atoms with van der Waals surface area (Å²) in [6.45, 7) is 1.94. The first-order valence-corrected chi connectivity index (χ1v) is 6.06. The molecule has 0 aromatic carbocycles. The van der Waals surface area contributed by atoms with Gasteiger partial charge in [0.25, 0.3) is 0 Å². The Bertz CT molecular complexity index is 749. The van der Waals surface area contributed by atoms with Crippen LogP contribution in [0.25, 0.3) is 11.6 Å². The van der Waals surface area contributed by atoms with Crippen LogP contribution in [0.1, 0.15) is 5.56 Å². The van der Waals surface area contributed by atoms with Gasteiger partial charge in [-0.3, -0.25) is 4.79 Å². The molecule has 0 aliphatic rings. The Hall–Kier alpha value is -3.17. The fourth-order valence-corrected chi connectivity index (χ4v) is 1.66. The Labute approximate surface area is 118 Å². The average molecular weight is 285 g/mol. The fourth-order valence-electron chi connectivity index (χ4n) is 1.66. The second-order valence-electron chi connectivity index (χ2n) is 4.27. The van der Waals surface area contributed by atoms with Crippen LogP contribution >= 0.6 is 0 Å². The van der Waals surface area contributed by atoms with Crippen molar-refractivity contribution in [3.05, 3.63) is 30.2 Å². The molecule has 21 heavy (non-hydrogen) atoms. The van der Waals surface area contributed by atoms with Gasteiger partial charge >= 0.3 is 0 Å². The Balaban J connectivity index is 1.65. The van der Waals surface area contributed by atoms with Crippen molar-refractivity contribution in [3.8, 4) is 11.6 Å². The van der Waals surface area contributed by atoms with Crippen molar-refractivity contribution in [1.82, 2.24) is 40.4 Å². The molecule has 0 aliphatic carbocycles. The van der Waals surface area contributed by atoms with Gasteiger partial charge in [-0.25, -0.2) is 14.6 Å². The lowest BCUT2D eigenvalue weighted by molar-refractivity contribution is -0.116. The number of rotatable bonds is 4. The highest BCUT2D eigenvalue weighted by Crippen LogP contribution is 2.06. The van der Waals surface area contributed by atoms with E-state index >= 15 is 0 Å². The van der Waals surface area contributed by atoms with Gasteiger partial charge in [0.15, 0.2) is 0 Å². The lowest BCUT2D eigenvalue weighted by atomic mass is 10.3. The van der Waals surface area contributed by atoms with Crippen molar-refractivity contribution in [2.75, 3.05) is 5.32 Å². The van der Waals surface area contributed by atoms with Crippen LogP contribution in [0.5, 0.6) is 0 Å². The van der Waals surface area contributed by atoms with Gasteiger partial charge in [-0.15, -0.1) is 15.3 Å². The molecular formula is C11H11N9O. The molecule has 1 amide bonds. The normalized spacial score (nSPS) is 10.5. The summed E-state index contributed by atoms with van der Waals surface area (Å²) < 4.78 is 1.39. The number of carbonyl (C=O) groups is 1. The summed E-state index contributed by atoms with van der Waals surface area (Å²) >= 11 is 0. The first kappa shape index (κ1) is 12.8. The summed E-state index contributed by atoms with van der Waals surface area (Å²) in [5.41, 5.74) is 1.01. The van der Waals surface area contributed by atoms with Crippen LogP contribution in [-0.4, -0.2) is 46.3 Å². The Kier molecular flexibility index (Phi) is 3.33. The Morgan fingerprint density at radius 2 is 2.29 bits per heavy atom. The van der Waals surface area contributed by atoms with E-state index in [1.165, 1.54) is 11.0 Å². The van der Waals surface area contributed by atoms with Crippen molar-refractivity contribution >= 4 is 11.7 Å². The largest absolute Gasteiger partial charge is 0.309 e. The third-order valence-corrected chi connectivity index (χ3v) is 2.57. The zero-order chi connectivity index (χ0) is 14.7. The molecule has 0 atom stereocenters. The number of amides is 1. The number of nitrogens with zero attached hydrogens (tertiary/aromatic N) is 7. The predicted molar refractivity (Wildman–Crippen MR) is 70.8 cm³/mol. The Morgan fingerprint density at radius 1 is 1.38 bits per heavy atom. The lowest BCUT2D eigenvalue weighted by Gasteiger charge is -2.04. The molecule has 10 nitrogen and oxygen atoms in total. The van der Waals surface area contributed by atoms with E-state index in [1.54, 1.807) is 12.3 Å². The minimum absolute atomic E-state index is 0.0144. The predicted octanol–water partition coefficient (Wildman–Crippen LogP) is -0.200. The SMILES string of the molecule is Cc1ccnc(NC(=O)Cn2cnc(-c3nn[nH]n3)n2)c1. The maximum Gasteiger partial charge on any atom is 0.247 e. The minimum atomic E-state index is -0.252. The zero-order valence-corrected chi connectivity index (χ0v) is 11.1. The standard InChI is InChI=1S/C11H11N9O/c1-7-2-3-12-8(4-7)14-9(21)5-20-6-13-10(17-20)11-15-18-19-16-11/h2-4,6H,5H2,1H3,(H,12,14,21)(H,15,16,18,19). The van der Waals surface area contributed by atoms with E-state index in [1.807, 2.05) is 13.0 Å². The molecule has 0 spiro atoms. The molecule has 0 fully saturated rings. The van der Waals surface area contributed by atoms with E-state index in [4.69, 9.17) is 0 Å². The quantitative estimate of drug-likeness (QED) is 0.679. The van der Waals surface area contributed by atoms with Crippen LogP contribution in [0.2, 0.25) is 0 Å². The van der Waals surface area contributed by atoms with Crippen LogP contribution in [-0.2, 0) is 11.3 Å². The van der Waals surface area contributed by atoms with E-state index < -0.39 is 0 Å². The minimum Gasteiger partial charge on any atom is -0.309 e. The van der Waals surface area contributed by atoms with E-state index in [9.17, 15) is 4.79 Å². The summed E-state index contributed by atoms with van der Waals surface area (Å²) in [5.74, 6) is 0.816. The highest BCUT2D eigenvalue weighted by molar-refractivity contribution is 5.89. The highest BCUT2D eigenvalue weighted by atomic mass is 16.2. The maximum absolute atomic E-state index is 11.9. The van der Waals surface area contributed by atoms with Gasteiger partial charge in [0.2, 0.25) is 17.6 Å². The van der Waals surface area contributed by atoms with E-state index in [0.717, 1.165) is 5.56 Å². The maximum atomic E-state index is 11.9. The molecule has 3 aromatic heterocycles. The number of aromatic amines is 1. The van der Waals surface area contributed by atoms with Gasteiger partial charge in [0.05, 0.1) is 0 Å². The molecular weight excluding hydrogens is 274 g/mol. The van der Waals surface area contributed by atoms with Crippen molar-refractivity contribution in [1.29, 1.82) is 0 Å². The number of pyridine rings is 1. The number of anilines is 1. The van der Waals surface area contributed by atoms with E-state index in [0.29, 0.717) is 11.6 Å². The first-order valence-electron chi connectivity index (χ1n) is 6.06. The highest BCUT2D eigenvalue weighted by Gasteiger charge is 2.11. The van der Waals surface area contributed by atoms with Gasteiger partial charge in [-0.2, -0.15) is 5.21 Å². The monoisotopic (exact) mass is 285 g/mol. The molecule has 0 radical (unpaired) electrons. The molecule has 10 heteroatoms. The molecule has 0 bridgehead atoms. The number of aryl methyl sites for hydroxylation is 1. The van der Waals surface area contributed by atoms with Crippen molar-refractivity contribution in [3.63, 3.8) is 0 Å². The molecule has 106 valence electrons. The molecule has 0 saturated carbocycles. The van der Waals surface area contributed by atoms with Crippen molar-refractivity contribution in [2.24, 2.45) is 0 Å². The number of nitrogens with one attached hydrogen (secondary N) is 2. The third-order valence-electron chi connectivity index (χ3n) is 2.57. The van der Waals surface area contributed by atoms with Gasteiger partial charge in [0, 0.05) is 6.20 Å². The first-order chi connectivity index (χ1) is 10.2. The molecule has 3 rings (SSSR count). The van der Waals surface area contributed by atoms with Crippen molar-refractivity contribution in [2.45, 2.75) is 13.5 Å². The van der Waals surface area contributed by atoms with E-state index in [2.05, 4.69) is 41.0 Å². The topological polar surface area (TPSA) is 127 Å². The molecule has 0 saturated heterocycles. The number of aromatic nitrogens is 8. The second-order valence-corrected chi connectivity index (χ2v) is 4.27. The molecule has 3 aromatic rings. The summed E-state index contributed by atoms with van der Waals surface area (Å²) in [4.78, 5) is 20.0. The smallest absolute Gasteiger partial charge is 0.247 e.